The standard InChI is InChI=1S/C32H26F2N2O/c33-29-7-4-8-30(34)32(29)26-15-13-25(14-16-26)28-21-36(20-27(28)17-22-5-2-1-3-6-22)31(37)18-23-9-11-24(19-35)12-10-23/h1-16,27-28H,17-18,20-21H2/t27-,28+/m1/s1. The number of hydrogen-bond acceptors (Lipinski definition) is 2. The zero-order chi connectivity index (χ0) is 25.8. The zero-order valence-corrected chi connectivity index (χ0v) is 20.3. The van der Waals surface area contributed by atoms with Crippen LogP contribution in [-0.4, -0.2) is 23.9 Å². The van der Waals surface area contributed by atoms with E-state index in [2.05, 4.69) is 18.2 Å². The van der Waals surface area contributed by atoms with Crippen molar-refractivity contribution in [2.24, 2.45) is 5.92 Å². The van der Waals surface area contributed by atoms with E-state index < -0.39 is 11.6 Å². The third kappa shape index (κ3) is 5.44. The average molecular weight is 493 g/mol. The smallest absolute Gasteiger partial charge is 0.227 e. The van der Waals surface area contributed by atoms with Crippen LogP contribution in [0.3, 0.4) is 0 Å². The molecule has 1 aliphatic heterocycles. The van der Waals surface area contributed by atoms with Crippen LogP contribution in [0.5, 0.6) is 0 Å². The molecule has 2 atom stereocenters. The molecule has 5 heteroatoms. The maximum Gasteiger partial charge on any atom is 0.227 e. The number of rotatable bonds is 6. The Morgan fingerprint density at radius 2 is 1.49 bits per heavy atom. The molecule has 3 nitrogen and oxygen atoms in total. The van der Waals surface area contributed by atoms with Crippen molar-refractivity contribution in [3.05, 3.63) is 131 Å². The van der Waals surface area contributed by atoms with E-state index in [1.165, 1.54) is 23.8 Å². The number of benzene rings is 4. The summed E-state index contributed by atoms with van der Waals surface area (Å²) in [6.07, 6.45) is 1.11. The number of carbonyl (C=O) groups is 1. The van der Waals surface area contributed by atoms with Gasteiger partial charge < -0.3 is 4.90 Å². The molecule has 0 N–H and O–H groups in total. The second-order valence-electron chi connectivity index (χ2n) is 9.56. The molecule has 4 aromatic rings. The molecule has 0 radical (unpaired) electrons. The molecule has 0 unspecified atom stereocenters. The van der Waals surface area contributed by atoms with Gasteiger partial charge in [-0.15, -0.1) is 0 Å². The number of hydrogen-bond donors (Lipinski definition) is 0. The molecule has 1 saturated heterocycles. The van der Waals surface area contributed by atoms with Crippen LogP contribution in [0.25, 0.3) is 11.1 Å². The summed E-state index contributed by atoms with van der Waals surface area (Å²) in [6, 6.07) is 30.7. The average Bonchev–Trinajstić information content (AvgIpc) is 3.34. The van der Waals surface area contributed by atoms with Crippen LogP contribution in [0.15, 0.2) is 97.1 Å². The summed E-state index contributed by atoms with van der Waals surface area (Å²) in [7, 11) is 0. The Balaban J connectivity index is 1.38. The third-order valence-corrected chi connectivity index (χ3v) is 7.16. The third-order valence-electron chi connectivity index (χ3n) is 7.16. The monoisotopic (exact) mass is 492 g/mol. The van der Waals surface area contributed by atoms with Gasteiger partial charge >= 0.3 is 0 Å². The molecule has 0 aliphatic carbocycles. The summed E-state index contributed by atoms with van der Waals surface area (Å²) in [4.78, 5) is 15.2. The molecular formula is C32H26F2N2O. The lowest BCUT2D eigenvalue weighted by Gasteiger charge is -2.19. The predicted molar refractivity (Wildman–Crippen MR) is 140 cm³/mol. The molecule has 0 saturated carbocycles. The number of amides is 1. The Labute approximate surface area is 215 Å². The fraction of sp³-hybridized carbons (Fsp3) is 0.188. The molecule has 0 aromatic heterocycles. The minimum atomic E-state index is -0.588. The minimum absolute atomic E-state index is 0.0273. The summed E-state index contributed by atoms with van der Waals surface area (Å²) in [5.41, 5.74) is 4.17. The number of likely N-dealkylation sites (tertiary alicyclic amines) is 1. The number of nitrogens with zero attached hydrogens (tertiary/aromatic N) is 2. The minimum Gasteiger partial charge on any atom is -0.341 e. The van der Waals surface area contributed by atoms with E-state index in [9.17, 15) is 13.6 Å². The normalized spacial score (nSPS) is 16.9. The largest absolute Gasteiger partial charge is 0.341 e. The number of nitriles is 1. The fourth-order valence-electron chi connectivity index (χ4n) is 5.23. The zero-order valence-electron chi connectivity index (χ0n) is 20.3. The Morgan fingerprint density at radius 3 is 2.14 bits per heavy atom. The summed E-state index contributed by atoms with van der Waals surface area (Å²) in [5.74, 6) is -0.811. The highest BCUT2D eigenvalue weighted by molar-refractivity contribution is 5.79. The van der Waals surface area contributed by atoms with E-state index in [-0.39, 0.29) is 29.7 Å². The van der Waals surface area contributed by atoms with Gasteiger partial charge in [0.1, 0.15) is 11.6 Å². The summed E-state index contributed by atoms with van der Waals surface area (Å²) >= 11 is 0. The first-order valence-electron chi connectivity index (χ1n) is 12.4. The summed E-state index contributed by atoms with van der Waals surface area (Å²) in [6.45, 7) is 1.22. The van der Waals surface area contributed by atoms with Crippen molar-refractivity contribution >= 4 is 5.91 Å². The quantitative estimate of drug-likeness (QED) is 0.307. The van der Waals surface area contributed by atoms with Gasteiger partial charge in [-0.05, 0) is 58.9 Å². The Morgan fingerprint density at radius 1 is 0.811 bits per heavy atom. The molecule has 1 aliphatic rings. The van der Waals surface area contributed by atoms with E-state index in [1.54, 1.807) is 24.3 Å². The van der Waals surface area contributed by atoms with Crippen molar-refractivity contribution in [3.8, 4) is 17.2 Å². The van der Waals surface area contributed by atoms with Gasteiger partial charge in [-0.1, -0.05) is 72.8 Å². The molecule has 37 heavy (non-hydrogen) atoms. The van der Waals surface area contributed by atoms with Gasteiger partial charge in [0, 0.05) is 19.0 Å². The van der Waals surface area contributed by atoms with E-state index >= 15 is 0 Å². The molecule has 0 bridgehead atoms. The predicted octanol–water partition coefficient (Wildman–Crippen LogP) is 6.53. The number of halogens is 2. The lowest BCUT2D eigenvalue weighted by Crippen LogP contribution is -2.30. The summed E-state index contributed by atoms with van der Waals surface area (Å²) < 4.78 is 28.6. The molecule has 1 amide bonds. The maximum atomic E-state index is 14.3. The molecule has 0 spiro atoms. The topological polar surface area (TPSA) is 44.1 Å². The highest BCUT2D eigenvalue weighted by Gasteiger charge is 2.36. The molecule has 184 valence electrons. The molecule has 4 aromatic carbocycles. The Hall–Kier alpha value is -4.30. The van der Waals surface area contributed by atoms with E-state index in [0.29, 0.717) is 24.2 Å². The molecule has 5 rings (SSSR count). The summed E-state index contributed by atoms with van der Waals surface area (Å²) in [5, 5.41) is 9.02. The van der Waals surface area contributed by atoms with Gasteiger partial charge in [0.15, 0.2) is 0 Å². The van der Waals surface area contributed by atoms with Gasteiger partial charge in [-0.2, -0.15) is 5.26 Å². The lowest BCUT2D eigenvalue weighted by molar-refractivity contribution is -0.129. The van der Waals surface area contributed by atoms with Crippen molar-refractivity contribution in [2.75, 3.05) is 13.1 Å². The maximum absolute atomic E-state index is 14.3. The van der Waals surface area contributed by atoms with Crippen LogP contribution in [-0.2, 0) is 17.6 Å². The Kier molecular flexibility index (Phi) is 7.09. The van der Waals surface area contributed by atoms with E-state index in [4.69, 9.17) is 5.26 Å². The first-order chi connectivity index (χ1) is 18.0. The highest BCUT2D eigenvalue weighted by atomic mass is 19.1. The van der Waals surface area contributed by atoms with Crippen LogP contribution in [0.2, 0.25) is 0 Å². The van der Waals surface area contributed by atoms with Gasteiger partial charge in [0.25, 0.3) is 0 Å². The van der Waals surface area contributed by atoms with Crippen LogP contribution < -0.4 is 0 Å². The molecular weight excluding hydrogens is 466 g/mol. The first-order valence-corrected chi connectivity index (χ1v) is 12.4. The molecule has 1 fully saturated rings. The van der Waals surface area contributed by atoms with Crippen molar-refractivity contribution in [3.63, 3.8) is 0 Å². The van der Waals surface area contributed by atoms with Crippen molar-refractivity contribution in [1.82, 2.24) is 4.90 Å². The van der Waals surface area contributed by atoms with Crippen LogP contribution in [0, 0.1) is 28.9 Å². The van der Waals surface area contributed by atoms with Gasteiger partial charge in [0.2, 0.25) is 5.91 Å². The van der Waals surface area contributed by atoms with Gasteiger partial charge in [-0.3, -0.25) is 4.79 Å². The highest BCUT2D eigenvalue weighted by Crippen LogP contribution is 2.37. The van der Waals surface area contributed by atoms with Crippen molar-refractivity contribution in [2.45, 2.75) is 18.8 Å². The molecule has 1 heterocycles. The van der Waals surface area contributed by atoms with Crippen LogP contribution in [0.4, 0.5) is 8.78 Å². The second kappa shape index (κ2) is 10.8. The SMILES string of the molecule is N#Cc1ccc(CC(=O)N2C[C@@H](Cc3ccccc3)[C@H](c3ccc(-c4c(F)cccc4F)cc3)C2)cc1. The van der Waals surface area contributed by atoms with Crippen LogP contribution >= 0.6 is 0 Å². The fourth-order valence-corrected chi connectivity index (χ4v) is 5.23. The van der Waals surface area contributed by atoms with Crippen LogP contribution in [0.1, 0.15) is 28.2 Å². The first kappa shape index (κ1) is 24.4. The van der Waals surface area contributed by atoms with E-state index in [0.717, 1.165) is 17.5 Å². The van der Waals surface area contributed by atoms with Gasteiger partial charge in [0.05, 0.1) is 23.6 Å². The van der Waals surface area contributed by atoms with Crippen molar-refractivity contribution < 1.29 is 13.6 Å². The lowest BCUT2D eigenvalue weighted by atomic mass is 9.84. The number of carbonyl (C=O) groups excluding carboxylic acids is 1. The van der Waals surface area contributed by atoms with Gasteiger partial charge in [-0.25, -0.2) is 8.78 Å². The van der Waals surface area contributed by atoms with Crippen molar-refractivity contribution in [1.29, 1.82) is 5.26 Å². The Bertz CT molecular complexity index is 1410. The van der Waals surface area contributed by atoms with E-state index in [1.807, 2.05) is 47.4 Å². The second-order valence-corrected chi connectivity index (χ2v) is 9.56.